The molecular formula is C12H11FN2O3. The summed E-state index contributed by atoms with van der Waals surface area (Å²) in [6.45, 7) is 0.894. The molecule has 5 nitrogen and oxygen atoms in total. The number of hydrogen-bond donors (Lipinski definition) is 1. The molecule has 6 heteroatoms. The molecule has 0 bridgehead atoms. The van der Waals surface area contributed by atoms with Crippen LogP contribution in [0.1, 0.15) is 6.42 Å². The highest BCUT2D eigenvalue weighted by Gasteiger charge is 2.21. The SMILES string of the molecule is Nc1cc(-c2ccc(F)c3c2OCCCO3)no1. The van der Waals surface area contributed by atoms with Crippen molar-refractivity contribution in [2.45, 2.75) is 6.42 Å². The average molecular weight is 250 g/mol. The quantitative estimate of drug-likeness (QED) is 0.840. The van der Waals surface area contributed by atoms with Crippen molar-refractivity contribution in [2.24, 2.45) is 0 Å². The molecule has 2 aromatic rings. The molecule has 0 aliphatic carbocycles. The molecule has 1 aliphatic heterocycles. The van der Waals surface area contributed by atoms with Crippen molar-refractivity contribution in [1.29, 1.82) is 0 Å². The Morgan fingerprint density at radius 2 is 1.94 bits per heavy atom. The van der Waals surface area contributed by atoms with Gasteiger partial charge in [0.05, 0.1) is 13.2 Å². The summed E-state index contributed by atoms with van der Waals surface area (Å²) in [6, 6.07) is 4.44. The summed E-state index contributed by atoms with van der Waals surface area (Å²) < 4.78 is 29.4. The van der Waals surface area contributed by atoms with Gasteiger partial charge in [0.2, 0.25) is 5.88 Å². The van der Waals surface area contributed by atoms with E-state index in [1.54, 1.807) is 12.1 Å². The van der Waals surface area contributed by atoms with Crippen LogP contribution in [-0.2, 0) is 0 Å². The van der Waals surface area contributed by atoms with Gasteiger partial charge < -0.3 is 19.7 Å². The van der Waals surface area contributed by atoms with E-state index in [2.05, 4.69) is 5.16 Å². The second kappa shape index (κ2) is 4.21. The third-order valence-electron chi connectivity index (χ3n) is 2.65. The number of benzene rings is 1. The van der Waals surface area contributed by atoms with Gasteiger partial charge in [-0.05, 0) is 12.1 Å². The molecule has 0 fully saturated rings. The van der Waals surface area contributed by atoms with Crippen LogP contribution in [0.5, 0.6) is 11.5 Å². The molecule has 0 radical (unpaired) electrons. The van der Waals surface area contributed by atoms with E-state index in [4.69, 9.17) is 19.7 Å². The zero-order valence-corrected chi connectivity index (χ0v) is 9.48. The molecule has 0 atom stereocenters. The van der Waals surface area contributed by atoms with E-state index in [9.17, 15) is 4.39 Å². The van der Waals surface area contributed by atoms with Crippen molar-refractivity contribution in [3.05, 3.63) is 24.0 Å². The Bertz CT molecular complexity index is 583. The predicted molar refractivity (Wildman–Crippen MR) is 61.9 cm³/mol. The van der Waals surface area contributed by atoms with E-state index < -0.39 is 5.82 Å². The number of rotatable bonds is 1. The van der Waals surface area contributed by atoms with Gasteiger partial charge in [0.1, 0.15) is 5.69 Å². The molecular weight excluding hydrogens is 239 g/mol. The van der Waals surface area contributed by atoms with E-state index in [0.717, 1.165) is 0 Å². The van der Waals surface area contributed by atoms with Gasteiger partial charge in [0, 0.05) is 18.1 Å². The fourth-order valence-electron chi connectivity index (χ4n) is 1.84. The van der Waals surface area contributed by atoms with E-state index in [-0.39, 0.29) is 11.6 Å². The molecule has 1 aliphatic rings. The molecule has 0 spiro atoms. The third kappa shape index (κ3) is 1.75. The smallest absolute Gasteiger partial charge is 0.222 e. The summed E-state index contributed by atoms with van der Waals surface area (Å²) in [4.78, 5) is 0. The molecule has 2 N–H and O–H groups in total. The van der Waals surface area contributed by atoms with Gasteiger partial charge in [-0.15, -0.1) is 0 Å². The number of halogens is 1. The molecule has 3 rings (SSSR count). The van der Waals surface area contributed by atoms with Crippen LogP contribution in [0.25, 0.3) is 11.3 Å². The minimum absolute atomic E-state index is 0.117. The van der Waals surface area contributed by atoms with Crippen LogP contribution in [0.2, 0.25) is 0 Å². The Morgan fingerprint density at radius 1 is 1.17 bits per heavy atom. The van der Waals surface area contributed by atoms with Crippen molar-refractivity contribution >= 4 is 5.88 Å². The molecule has 2 heterocycles. The first kappa shape index (κ1) is 10.9. The zero-order valence-electron chi connectivity index (χ0n) is 9.48. The van der Waals surface area contributed by atoms with Crippen LogP contribution >= 0.6 is 0 Å². The number of fused-ring (bicyclic) bond motifs is 1. The fourth-order valence-corrected chi connectivity index (χ4v) is 1.84. The molecule has 0 unspecified atom stereocenters. The largest absolute Gasteiger partial charge is 0.489 e. The number of nitrogen functional groups attached to an aromatic ring is 1. The Morgan fingerprint density at radius 3 is 2.67 bits per heavy atom. The second-order valence-corrected chi connectivity index (χ2v) is 3.92. The Hall–Kier alpha value is -2.24. The zero-order chi connectivity index (χ0) is 12.5. The van der Waals surface area contributed by atoms with Crippen molar-refractivity contribution in [2.75, 3.05) is 18.9 Å². The number of aromatic nitrogens is 1. The highest BCUT2D eigenvalue weighted by Crippen LogP contribution is 2.41. The maximum absolute atomic E-state index is 13.7. The number of hydrogen-bond acceptors (Lipinski definition) is 5. The number of nitrogens with zero attached hydrogens (tertiary/aromatic N) is 1. The molecule has 0 amide bonds. The minimum Gasteiger partial charge on any atom is -0.489 e. The van der Waals surface area contributed by atoms with Crippen LogP contribution in [-0.4, -0.2) is 18.4 Å². The van der Waals surface area contributed by atoms with Crippen LogP contribution in [0, 0.1) is 5.82 Å². The maximum Gasteiger partial charge on any atom is 0.222 e. The van der Waals surface area contributed by atoms with Crippen molar-refractivity contribution in [3.8, 4) is 22.8 Å². The molecule has 1 aromatic heterocycles. The van der Waals surface area contributed by atoms with Gasteiger partial charge in [0.15, 0.2) is 17.3 Å². The van der Waals surface area contributed by atoms with Crippen LogP contribution in [0.4, 0.5) is 10.3 Å². The summed E-state index contributed by atoms with van der Waals surface area (Å²) in [5, 5.41) is 3.80. The first-order valence-corrected chi connectivity index (χ1v) is 5.56. The van der Waals surface area contributed by atoms with E-state index >= 15 is 0 Å². The van der Waals surface area contributed by atoms with Crippen molar-refractivity contribution < 1.29 is 18.4 Å². The summed E-state index contributed by atoms with van der Waals surface area (Å²) in [5.41, 5.74) is 6.58. The van der Waals surface area contributed by atoms with Crippen LogP contribution < -0.4 is 15.2 Å². The monoisotopic (exact) mass is 250 g/mol. The van der Waals surface area contributed by atoms with Crippen molar-refractivity contribution in [3.63, 3.8) is 0 Å². The first-order valence-electron chi connectivity index (χ1n) is 5.56. The van der Waals surface area contributed by atoms with Gasteiger partial charge >= 0.3 is 0 Å². The molecule has 0 saturated heterocycles. The topological polar surface area (TPSA) is 70.5 Å². The van der Waals surface area contributed by atoms with E-state index in [1.165, 1.54) is 6.07 Å². The summed E-state index contributed by atoms with van der Waals surface area (Å²) in [7, 11) is 0. The molecule has 0 saturated carbocycles. The molecule has 18 heavy (non-hydrogen) atoms. The number of nitrogens with two attached hydrogens (primary N) is 1. The maximum atomic E-state index is 13.7. The lowest BCUT2D eigenvalue weighted by Crippen LogP contribution is -1.98. The second-order valence-electron chi connectivity index (χ2n) is 3.92. The lowest BCUT2D eigenvalue weighted by atomic mass is 10.1. The minimum atomic E-state index is -0.452. The standard InChI is InChI=1S/C12H11FN2O3/c13-8-3-2-7(9-6-10(14)18-15-9)11-12(8)17-5-1-4-16-11/h2-3,6H,1,4-5,14H2. The normalized spacial score (nSPS) is 14.3. The highest BCUT2D eigenvalue weighted by molar-refractivity contribution is 5.72. The molecule has 1 aromatic carbocycles. The summed E-state index contributed by atoms with van der Waals surface area (Å²) in [5.74, 6) is 0.206. The Kier molecular flexibility index (Phi) is 2.55. The number of anilines is 1. The van der Waals surface area contributed by atoms with E-state index in [1.807, 2.05) is 0 Å². The van der Waals surface area contributed by atoms with E-state index in [0.29, 0.717) is 36.6 Å². The molecule has 94 valence electrons. The van der Waals surface area contributed by atoms with Crippen molar-refractivity contribution in [1.82, 2.24) is 5.16 Å². The third-order valence-corrected chi connectivity index (χ3v) is 2.65. The van der Waals surface area contributed by atoms with Crippen LogP contribution in [0.15, 0.2) is 22.7 Å². The van der Waals surface area contributed by atoms with Gasteiger partial charge in [0.25, 0.3) is 0 Å². The first-order chi connectivity index (χ1) is 8.75. The van der Waals surface area contributed by atoms with Gasteiger partial charge in [-0.2, -0.15) is 0 Å². The van der Waals surface area contributed by atoms with Gasteiger partial charge in [-0.1, -0.05) is 5.16 Å². The lowest BCUT2D eigenvalue weighted by Gasteiger charge is -2.11. The average Bonchev–Trinajstić information content (AvgIpc) is 2.64. The fraction of sp³-hybridized carbons (Fsp3) is 0.250. The summed E-state index contributed by atoms with van der Waals surface area (Å²) >= 11 is 0. The lowest BCUT2D eigenvalue weighted by molar-refractivity contribution is 0.292. The van der Waals surface area contributed by atoms with Gasteiger partial charge in [-0.25, -0.2) is 4.39 Å². The highest BCUT2D eigenvalue weighted by atomic mass is 19.1. The van der Waals surface area contributed by atoms with Crippen LogP contribution in [0.3, 0.4) is 0 Å². The Labute approximate surface area is 102 Å². The Balaban J connectivity index is 2.15. The number of ether oxygens (including phenoxy) is 2. The summed E-state index contributed by atoms with van der Waals surface area (Å²) in [6.07, 6.45) is 0.703. The van der Waals surface area contributed by atoms with Gasteiger partial charge in [-0.3, -0.25) is 0 Å². The predicted octanol–water partition coefficient (Wildman–Crippen LogP) is 2.22.